The Morgan fingerprint density at radius 2 is 1.60 bits per heavy atom. The van der Waals surface area contributed by atoms with E-state index in [-0.39, 0.29) is 10.7 Å². The number of nitrogens with zero attached hydrogens (tertiary/aromatic N) is 1. The topological polar surface area (TPSA) is 84.9 Å². The van der Waals surface area contributed by atoms with Crippen LogP contribution in [0.4, 0.5) is 11.4 Å². The number of hydrogen-bond acceptors (Lipinski definition) is 6. The van der Waals surface area contributed by atoms with E-state index in [0.29, 0.717) is 35.0 Å². The molecule has 1 aliphatic rings. The van der Waals surface area contributed by atoms with Gasteiger partial charge < -0.3 is 14.8 Å². The zero-order chi connectivity index (χ0) is 25.1. The fourth-order valence-electron chi connectivity index (χ4n) is 3.58. The molecule has 0 atom stereocenters. The summed E-state index contributed by atoms with van der Waals surface area (Å²) in [5.74, 6) is -0.871. The lowest BCUT2D eigenvalue weighted by atomic mass is 10.1. The quantitative estimate of drug-likeness (QED) is 0.273. The van der Waals surface area contributed by atoms with Gasteiger partial charge in [-0.25, -0.2) is 9.69 Å². The van der Waals surface area contributed by atoms with Crippen LogP contribution in [0, 0.1) is 13.8 Å². The second-order valence-corrected chi connectivity index (χ2v) is 8.20. The van der Waals surface area contributed by atoms with Crippen molar-refractivity contribution >= 4 is 40.8 Å². The van der Waals surface area contributed by atoms with Crippen LogP contribution in [0.5, 0.6) is 11.5 Å². The van der Waals surface area contributed by atoms with Crippen molar-refractivity contribution < 1.29 is 23.9 Å². The number of nitrogens with one attached hydrogen (secondary N) is 1. The van der Waals surface area contributed by atoms with Gasteiger partial charge in [-0.05, 0) is 74.4 Å². The Labute approximate surface area is 207 Å². The molecule has 1 heterocycles. The van der Waals surface area contributed by atoms with Gasteiger partial charge in [0, 0.05) is 5.69 Å². The van der Waals surface area contributed by atoms with Gasteiger partial charge >= 0.3 is 5.97 Å². The minimum Gasteiger partial charge on any atom is -0.492 e. The van der Waals surface area contributed by atoms with E-state index in [2.05, 4.69) is 5.32 Å². The summed E-state index contributed by atoms with van der Waals surface area (Å²) in [7, 11) is 0. The van der Waals surface area contributed by atoms with Crippen LogP contribution in [0.2, 0.25) is 0 Å². The van der Waals surface area contributed by atoms with Gasteiger partial charge in [-0.15, -0.1) is 0 Å². The second-order valence-electron chi connectivity index (χ2n) is 7.83. The number of rotatable bonds is 7. The molecule has 3 aromatic carbocycles. The summed E-state index contributed by atoms with van der Waals surface area (Å²) < 4.78 is 11.1. The van der Waals surface area contributed by atoms with E-state index in [1.54, 1.807) is 54.6 Å². The molecule has 0 unspecified atom stereocenters. The molecule has 0 aliphatic carbocycles. The highest BCUT2D eigenvalue weighted by atomic mass is 35.5. The molecule has 2 amide bonds. The average Bonchev–Trinajstić information content (AvgIpc) is 3.06. The minimum atomic E-state index is -0.653. The Balaban J connectivity index is 1.50. The maximum Gasteiger partial charge on any atom is 0.343 e. The summed E-state index contributed by atoms with van der Waals surface area (Å²) in [6.07, 6.45) is 0. The number of ether oxygens (including phenoxy) is 2. The van der Waals surface area contributed by atoms with Crippen LogP contribution in [0.15, 0.2) is 77.5 Å². The summed E-state index contributed by atoms with van der Waals surface area (Å²) in [4.78, 5) is 39.4. The van der Waals surface area contributed by atoms with Crippen LogP contribution < -0.4 is 19.7 Å². The Morgan fingerprint density at radius 1 is 0.914 bits per heavy atom. The molecule has 0 spiro atoms. The third-order valence-electron chi connectivity index (χ3n) is 5.58. The van der Waals surface area contributed by atoms with E-state index in [1.165, 1.54) is 0 Å². The maximum atomic E-state index is 13.1. The number of aryl methyl sites for hydroxylation is 1. The smallest absolute Gasteiger partial charge is 0.343 e. The Bertz CT molecular complexity index is 1350. The summed E-state index contributed by atoms with van der Waals surface area (Å²) >= 11 is 6.24. The first kappa shape index (κ1) is 24.0. The van der Waals surface area contributed by atoms with E-state index < -0.39 is 17.8 Å². The molecular formula is C27H23ClN2O5. The van der Waals surface area contributed by atoms with Gasteiger partial charge in [-0.3, -0.25) is 9.59 Å². The number of benzene rings is 3. The highest BCUT2D eigenvalue weighted by Gasteiger charge is 2.40. The van der Waals surface area contributed by atoms with Gasteiger partial charge in [0.25, 0.3) is 11.8 Å². The molecule has 0 fully saturated rings. The fraction of sp³-hybridized carbons (Fsp3) is 0.148. The third-order valence-corrected chi connectivity index (χ3v) is 5.93. The average molecular weight is 491 g/mol. The first-order chi connectivity index (χ1) is 16.8. The predicted molar refractivity (Wildman–Crippen MR) is 134 cm³/mol. The van der Waals surface area contributed by atoms with Gasteiger partial charge in [0.05, 0.1) is 17.9 Å². The monoisotopic (exact) mass is 490 g/mol. The normalized spacial score (nSPS) is 13.3. The van der Waals surface area contributed by atoms with Crippen LogP contribution in [0.1, 0.15) is 28.4 Å². The molecule has 1 aliphatic heterocycles. The van der Waals surface area contributed by atoms with Crippen molar-refractivity contribution in [2.75, 3.05) is 16.8 Å². The molecular weight excluding hydrogens is 468 g/mol. The first-order valence-electron chi connectivity index (χ1n) is 11.0. The minimum absolute atomic E-state index is 0.0614. The number of para-hydroxylation sites is 2. The lowest BCUT2D eigenvalue weighted by Crippen LogP contribution is -2.32. The fourth-order valence-corrected chi connectivity index (χ4v) is 3.79. The molecule has 35 heavy (non-hydrogen) atoms. The molecule has 0 saturated heterocycles. The lowest BCUT2D eigenvalue weighted by Gasteiger charge is -2.18. The first-order valence-corrected chi connectivity index (χ1v) is 11.4. The molecule has 0 radical (unpaired) electrons. The zero-order valence-electron chi connectivity index (χ0n) is 19.4. The predicted octanol–water partition coefficient (Wildman–Crippen LogP) is 5.36. The molecule has 1 N–H and O–H groups in total. The molecule has 178 valence electrons. The number of imide groups is 1. The number of halogens is 1. The third kappa shape index (κ3) is 4.76. The van der Waals surface area contributed by atoms with Crippen molar-refractivity contribution in [2.24, 2.45) is 0 Å². The molecule has 4 rings (SSSR count). The second kappa shape index (κ2) is 10.0. The van der Waals surface area contributed by atoms with E-state index in [9.17, 15) is 14.4 Å². The number of carbonyl (C=O) groups is 3. The molecule has 0 aromatic heterocycles. The van der Waals surface area contributed by atoms with Crippen LogP contribution in [-0.2, 0) is 9.59 Å². The molecule has 0 bridgehead atoms. The molecule has 7 nitrogen and oxygen atoms in total. The van der Waals surface area contributed by atoms with Crippen LogP contribution in [-0.4, -0.2) is 24.4 Å². The van der Waals surface area contributed by atoms with Crippen molar-refractivity contribution in [1.29, 1.82) is 0 Å². The maximum absolute atomic E-state index is 13.1. The van der Waals surface area contributed by atoms with Crippen molar-refractivity contribution in [2.45, 2.75) is 20.8 Å². The Morgan fingerprint density at radius 3 is 2.31 bits per heavy atom. The summed E-state index contributed by atoms with van der Waals surface area (Å²) in [6, 6.07) is 18.6. The van der Waals surface area contributed by atoms with Crippen LogP contribution >= 0.6 is 11.6 Å². The largest absolute Gasteiger partial charge is 0.492 e. The Kier molecular flexibility index (Phi) is 6.89. The number of hydrogen-bond donors (Lipinski definition) is 1. The van der Waals surface area contributed by atoms with E-state index in [4.69, 9.17) is 21.1 Å². The van der Waals surface area contributed by atoms with Gasteiger partial charge in [-0.1, -0.05) is 35.9 Å². The number of esters is 1. The van der Waals surface area contributed by atoms with Gasteiger partial charge in [0.2, 0.25) is 0 Å². The lowest BCUT2D eigenvalue weighted by molar-refractivity contribution is -0.120. The van der Waals surface area contributed by atoms with Gasteiger partial charge in [0.15, 0.2) is 0 Å². The van der Waals surface area contributed by atoms with Crippen molar-refractivity contribution in [1.82, 2.24) is 0 Å². The standard InChI is InChI=1S/C27H23ClN2O5/c1-4-34-22-10-6-5-9-20(22)30-25(31)23(28)24(26(30)32)29-19-14-12-18(13-15-19)27(33)35-21-11-7-8-16(2)17(21)3/h5-15,29H,4H2,1-3H3. The summed E-state index contributed by atoms with van der Waals surface area (Å²) in [6.45, 7) is 6.01. The van der Waals surface area contributed by atoms with Crippen molar-refractivity contribution in [3.05, 3.63) is 94.1 Å². The number of amides is 2. The van der Waals surface area contributed by atoms with E-state index in [0.717, 1.165) is 16.0 Å². The SMILES string of the molecule is CCOc1ccccc1N1C(=O)C(Cl)=C(Nc2ccc(C(=O)Oc3cccc(C)c3C)cc2)C1=O. The number of anilines is 2. The van der Waals surface area contributed by atoms with Crippen LogP contribution in [0.3, 0.4) is 0 Å². The van der Waals surface area contributed by atoms with Gasteiger partial charge in [0.1, 0.15) is 22.2 Å². The molecule has 0 saturated carbocycles. The van der Waals surface area contributed by atoms with Crippen LogP contribution in [0.25, 0.3) is 0 Å². The summed E-state index contributed by atoms with van der Waals surface area (Å²) in [5.41, 5.74) is 2.96. The Hall–Kier alpha value is -4.10. The van der Waals surface area contributed by atoms with E-state index >= 15 is 0 Å². The summed E-state index contributed by atoms with van der Waals surface area (Å²) in [5, 5.41) is 2.66. The van der Waals surface area contributed by atoms with Crippen molar-refractivity contribution in [3.63, 3.8) is 0 Å². The zero-order valence-corrected chi connectivity index (χ0v) is 20.2. The van der Waals surface area contributed by atoms with E-state index in [1.807, 2.05) is 32.9 Å². The number of carbonyl (C=O) groups excluding carboxylic acids is 3. The molecule has 8 heteroatoms. The van der Waals surface area contributed by atoms with Crippen molar-refractivity contribution in [3.8, 4) is 11.5 Å². The molecule has 3 aromatic rings. The van der Waals surface area contributed by atoms with Gasteiger partial charge in [-0.2, -0.15) is 0 Å². The highest BCUT2D eigenvalue weighted by molar-refractivity contribution is 6.53. The highest BCUT2D eigenvalue weighted by Crippen LogP contribution is 2.35.